The highest BCUT2D eigenvalue weighted by molar-refractivity contribution is 7.99. The number of hydrogen-bond donors (Lipinski definition) is 0. The second kappa shape index (κ2) is 47.5. The lowest BCUT2D eigenvalue weighted by molar-refractivity contribution is -0.0829. The van der Waals surface area contributed by atoms with Gasteiger partial charge in [0.2, 0.25) is 0 Å². The van der Waals surface area contributed by atoms with Gasteiger partial charge in [-0.15, -0.1) is 0 Å². The van der Waals surface area contributed by atoms with Crippen molar-refractivity contribution in [1.82, 2.24) is 39.2 Å². The first-order valence-corrected chi connectivity index (χ1v) is 53.1. The lowest BCUT2D eigenvalue weighted by atomic mass is 9.46. The van der Waals surface area contributed by atoms with Gasteiger partial charge in [0.25, 0.3) is 0 Å². The van der Waals surface area contributed by atoms with Crippen LogP contribution in [0, 0.1) is 69.5 Å². The zero-order chi connectivity index (χ0) is 84.4. The SMILES string of the molecule is C1=C(N2CCCC2)CCC(c2ccccc2)C1.C1=C(N2CCCC2)CCOC1.C1=C(N2CCCC2)CCSC1.C1=C(N2CCCC2)C[C@H]2CC[C@@H]1N2Cc1ccccc1.CC(C)(C)C1CC=C(N2CCCC2)CC1.CC(C)C1CC=C(N2CCCC2)CC1.CC(C)CCCC(C)C.C[C@@]12CCC[C@H]1[C@@H]1CC[C@H]3C=C(N4CCCC4)CC[C@]3(C)[C@H]1CC2. The third-order valence-corrected chi connectivity index (χ3v) is 34.3. The summed E-state index contributed by atoms with van der Waals surface area (Å²) in [5.41, 5.74) is 16.3. The molecule has 0 N–H and O–H groups in total. The molecule has 11 fully saturated rings. The Morgan fingerprint density at radius 1 is 0.438 bits per heavy atom. The van der Waals surface area contributed by atoms with Gasteiger partial charge in [0.05, 0.1) is 13.2 Å². The molecule has 2 bridgehead atoms. The number of fused-ring (bicyclic) bond motifs is 7. The Labute approximate surface area is 748 Å². The lowest BCUT2D eigenvalue weighted by Crippen LogP contribution is -2.51. The predicted octanol–water partition coefficient (Wildman–Crippen LogP) is 27.5. The summed E-state index contributed by atoms with van der Waals surface area (Å²) in [5, 5.41) is 0. The molecule has 2 aromatic carbocycles. The zero-order valence-electron chi connectivity index (χ0n) is 79.9. The van der Waals surface area contributed by atoms with Crippen LogP contribution in [0.1, 0.15) is 350 Å². The van der Waals surface area contributed by atoms with Gasteiger partial charge >= 0.3 is 0 Å². The van der Waals surface area contributed by atoms with Gasteiger partial charge in [-0.3, -0.25) is 4.90 Å². The number of likely N-dealkylation sites (tertiary alicyclic amines) is 7. The minimum absolute atomic E-state index is 0.493. The predicted molar refractivity (Wildman–Crippen MR) is 520 cm³/mol. The third kappa shape index (κ3) is 27.3. The van der Waals surface area contributed by atoms with Crippen molar-refractivity contribution in [3.05, 3.63) is 154 Å². The summed E-state index contributed by atoms with van der Waals surface area (Å²) in [4.78, 5) is 21.0. The molecule has 18 aliphatic rings. The molecular formula is C111H180N8OS. The van der Waals surface area contributed by atoms with Crippen LogP contribution in [0.4, 0.5) is 0 Å². The smallest absolute Gasteiger partial charge is 0.0667 e. The van der Waals surface area contributed by atoms with E-state index in [0.717, 1.165) is 96.8 Å². The van der Waals surface area contributed by atoms with Crippen LogP contribution >= 0.6 is 11.8 Å². The topological polar surface area (TPSA) is 35.2 Å². The second-order valence-electron chi connectivity index (χ2n) is 43.8. The molecule has 676 valence electrons. The maximum atomic E-state index is 5.26. The summed E-state index contributed by atoms with van der Waals surface area (Å²) < 4.78 is 5.26. The third-order valence-electron chi connectivity index (χ3n) is 33.4. The summed E-state index contributed by atoms with van der Waals surface area (Å²) >= 11 is 2.05. The molecule has 11 heterocycles. The summed E-state index contributed by atoms with van der Waals surface area (Å²) in [5.74, 6) is 11.9. The van der Waals surface area contributed by atoms with Crippen molar-refractivity contribution in [2.45, 2.75) is 358 Å². The van der Waals surface area contributed by atoms with E-state index in [1.165, 1.54) is 364 Å². The van der Waals surface area contributed by atoms with Crippen molar-refractivity contribution in [2.24, 2.45) is 69.5 Å². The average Bonchev–Trinajstić information content (AvgIpc) is 1.72. The van der Waals surface area contributed by atoms with Crippen molar-refractivity contribution in [2.75, 3.05) is 116 Å². The van der Waals surface area contributed by atoms with Crippen LogP contribution in [0.5, 0.6) is 0 Å². The maximum Gasteiger partial charge on any atom is 0.0667 e. The molecule has 121 heavy (non-hydrogen) atoms. The van der Waals surface area contributed by atoms with Crippen LogP contribution in [-0.4, -0.2) is 168 Å². The Morgan fingerprint density at radius 2 is 0.950 bits per heavy atom. The van der Waals surface area contributed by atoms with Crippen LogP contribution in [-0.2, 0) is 11.3 Å². The molecule has 3 saturated carbocycles. The first kappa shape index (κ1) is 94.1. The van der Waals surface area contributed by atoms with Crippen LogP contribution in [0.25, 0.3) is 0 Å². The molecule has 0 aromatic heterocycles. The average molecular weight is 1670 g/mol. The van der Waals surface area contributed by atoms with Crippen molar-refractivity contribution in [3.63, 3.8) is 0 Å². The summed E-state index contributed by atoms with van der Waals surface area (Å²) in [6.45, 7) is 47.5. The fourth-order valence-corrected chi connectivity index (χ4v) is 26.4. The van der Waals surface area contributed by atoms with Crippen molar-refractivity contribution >= 4 is 11.8 Å². The molecule has 9 nitrogen and oxygen atoms in total. The Morgan fingerprint density at radius 3 is 1.42 bits per heavy atom. The van der Waals surface area contributed by atoms with Gasteiger partial charge in [-0.1, -0.05) is 193 Å². The Hall–Kier alpha value is -4.51. The van der Waals surface area contributed by atoms with E-state index in [-0.39, 0.29) is 0 Å². The van der Waals surface area contributed by atoms with E-state index in [9.17, 15) is 0 Å². The Kier molecular flexibility index (Phi) is 37.0. The standard InChI is InChI=1S/C23H37N.C18H24N2.C16H21N.C14H25N.C13H23N.C9H15NO.C9H15NS.C9H20/c1-22-11-5-6-20(22)19-8-7-17-16-18(24-14-3-4-15-24)9-13-23(17,2)21(19)10-12-22;1-2-6-15(7-3-1)14-20-16-8-9-17(20)13-18(12-16)19-10-4-5-11-19;1-2-6-14(7-3-1)15-8-10-16(11-9-15)17-12-4-5-13-17;1-14(2,3)12-6-8-13(9-7-12)15-10-4-5-11-15;1-11(2)12-5-7-13(8-6-12)14-9-3-4-10-14;2*1-2-6-10(5-1)9-3-7-11-8-4-9;1-8(2)6-5-7-9(3)4/h16-17,19-21H,3-15H2,1-2H3;1-3,6-7,12,16-17H,4-5,8-11,13-14H2;1-3,6-7,10,15H,4-5,8-9,11-13H2;8,12H,4-7,9-11H2,1-3H3;7,11-12H,3-6,8-10H2,1-2H3;2*3H,1-2,4-8H2;8-9H,5-7H2,1-4H3/t17-,19-,20-,21-,22-,23-;16-,17+;;;;;;/m00....../s1. The molecule has 3 unspecified atom stereocenters. The number of hydrogen-bond acceptors (Lipinski definition) is 10. The van der Waals surface area contributed by atoms with Crippen molar-refractivity contribution < 1.29 is 4.74 Å². The molecule has 10 heteroatoms. The largest absolute Gasteiger partial charge is 0.377 e. The highest BCUT2D eigenvalue weighted by atomic mass is 32.2. The van der Waals surface area contributed by atoms with Gasteiger partial charge in [0.15, 0.2) is 0 Å². The van der Waals surface area contributed by atoms with Gasteiger partial charge in [0.1, 0.15) is 0 Å². The van der Waals surface area contributed by atoms with Gasteiger partial charge in [-0.05, 0) is 323 Å². The molecule has 11 atom stereocenters. The first-order chi connectivity index (χ1) is 58.8. The molecule has 2 aromatic rings. The number of thioether (sulfide) groups is 1. The van der Waals surface area contributed by atoms with Crippen LogP contribution < -0.4 is 0 Å². The lowest BCUT2D eigenvalue weighted by Gasteiger charge is -2.59. The highest BCUT2D eigenvalue weighted by Crippen LogP contribution is 2.66. The van der Waals surface area contributed by atoms with Gasteiger partial charge in [0, 0.05) is 169 Å². The monoisotopic (exact) mass is 1670 g/mol. The van der Waals surface area contributed by atoms with Crippen LogP contribution in [0.2, 0.25) is 0 Å². The van der Waals surface area contributed by atoms with E-state index in [2.05, 4.69) is 230 Å². The number of nitrogens with zero attached hydrogens (tertiary/aromatic N) is 8. The summed E-state index contributed by atoms with van der Waals surface area (Å²) in [6.07, 6.45) is 73.2. The number of rotatable bonds is 15. The fraction of sp³-hybridized carbons (Fsp3) is 0.766. The molecule has 0 radical (unpaired) electrons. The van der Waals surface area contributed by atoms with Crippen LogP contribution in [0.15, 0.2) is 143 Å². The van der Waals surface area contributed by atoms with E-state index in [4.69, 9.17) is 4.74 Å². The molecule has 0 amide bonds. The minimum Gasteiger partial charge on any atom is -0.377 e. The molecule has 20 rings (SSSR count). The fourth-order valence-electron chi connectivity index (χ4n) is 25.6. The van der Waals surface area contributed by atoms with Gasteiger partial charge < -0.3 is 39.0 Å². The van der Waals surface area contributed by atoms with E-state index in [0.29, 0.717) is 16.9 Å². The van der Waals surface area contributed by atoms with Gasteiger partial charge in [-0.2, -0.15) is 11.8 Å². The quantitative estimate of drug-likeness (QED) is 0.172. The molecule has 0 spiro atoms. The highest BCUT2D eigenvalue weighted by Gasteiger charge is 2.57. The van der Waals surface area contributed by atoms with Crippen molar-refractivity contribution in [3.8, 4) is 0 Å². The number of allylic oxidation sites excluding steroid dienone is 9. The van der Waals surface area contributed by atoms with E-state index in [1.54, 1.807) is 40.6 Å². The number of benzene rings is 2. The normalized spacial score (nSPS) is 30.7. The summed E-state index contributed by atoms with van der Waals surface area (Å²) in [7, 11) is 0. The molecule has 11 aliphatic heterocycles. The molecular weight excluding hydrogens is 1490 g/mol. The van der Waals surface area contributed by atoms with E-state index >= 15 is 0 Å². The van der Waals surface area contributed by atoms with Crippen molar-refractivity contribution in [1.29, 1.82) is 0 Å². The summed E-state index contributed by atoms with van der Waals surface area (Å²) in [6, 6.07) is 23.4. The molecule has 7 aliphatic carbocycles. The Bertz CT molecular complexity index is 3510. The molecule has 8 saturated heterocycles. The minimum atomic E-state index is 0.493. The Balaban J connectivity index is 0.000000122. The van der Waals surface area contributed by atoms with E-state index < -0.39 is 0 Å². The van der Waals surface area contributed by atoms with Gasteiger partial charge in [-0.25, -0.2) is 0 Å². The zero-order valence-corrected chi connectivity index (χ0v) is 80.7. The van der Waals surface area contributed by atoms with Crippen LogP contribution in [0.3, 0.4) is 0 Å². The first-order valence-electron chi connectivity index (χ1n) is 52.0. The van der Waals surface area contributed by atoms with E-state index in [1.807, 2.05) is 0 Å². The maximum absolute atomic E-state index is 5.26. The second-order valence-corrected chi connectivity index (χ2v) is 45.0. The number of ether oxygens (including phenoxy) is 1.